The maximum Gasteiger partial charge on any atom is 0.471 e. The molecule has 1 aromatic rings. The van der Waals surface area contributed by atoms with Gasteiger partial charge < -0.3 is 10.4 Å². The number of alkyl halides is 3. The minimum atomic E-state index is -4.95. The zero-order valence-electron chi connectivity index (χ0n) is 11.5. The number of halogens is 3. The molecule has 0 saturated heterocycles. The third kappa shape index (κ3) is 5.12. The first-order valence-electron chi connectivity index (χ1n) is 6.42. The number of aliphatic hydroxyl groups excluding tert-OH is 1. The molecule has 0 unspecified atom stereocenters. The number of anilines is 1. The first-order valence-corrected chi connectivity index (χ1v) is 6.42. The van der Waals surface area contributed by atoms with Crippen LogP contribution in [-0.2, 0) is 17.6 Å². The first kappa shape index (κ1) is 17.1. The second kappa shape index (κ2) is 7.14. The molecule has 0 radical (unpaired) electrons. The fourth-order valence-corrected chi connectivity index (χ4v) is 1.76. The second-order valence-electron chi connectivity index (χ2n) is 4.52. The Kier molecular flexibility index (Phi) is 5.79. The number of carbonyl (C=O) groups excluding carboxylic acids is 1. The Balaban J connectivity index is 2.97. The van der Waals surface area contributed by atoms with Crippen molar-refractivity contribution in [2.45, 2.75) is 38.5 Å². The normalized spacial score (nSPS) is 12.6. The van der Waals surface area contributed by atoms with Crippen molar-refractivity contribution in [2.75, 3.05) is 5.32 Å². The van der Waals surface area contributed by atoms with Gasteiger partial charge in [-0.2, -0.15) is 13.2 Å². The molecule has 0 aliphatic rings. The zero-order chi connectivity index (χ0) is 16.0. The van der Waals surface area contributed by atoms with Gasteiger partial charge >= 0.3 is 12.1 Å². The smallest absolute Gasteiger partial charge is 0.380 e. The van der Waals surface area contributed by atoms with Crippen LogP contribution in [0.25, 0.3) is 0 Å². The third-order valence-electron chi connectivity index (χ3n) is 2.96. The molecule has 2 N–H and O–H groups in total. The number of benzene rings is 1. The lowest BCUT2D eigenvalue weighted by atomic mass is 10.0. The second-order valence-corrected chi connectivity index (χ2v) is 4.52. The number of hydrogen-bond donors (Lipinski definition) is 2. The molecule has 0 aliphatic heterocycles. The van der Waals surface area contributed by atoms with Gasteiger partial charge in [-0.25, -0.2) is 0 Å². The van der Waals surface area contributed by atoms with Gasteiger partial charge in [0.25, 0.3) is 0 Å². The summed E-state index contributed by atoms with van der Waals surface area (Å²) in [4.78, 5) is 11.0. The standard InChI is InChI=1S/C15H16F3NO2/c1-3-10-5-8-13(19-14(21)15(16,17)18)11(9-10)6-7-12(20)4-2/h2,5,8-9,12,20H,3,6-7H2,1H3,(H,19,21)/t12-/m0/s1. The van der Waals surface area contributed by atoms with E-state index >= 15 is 0 Å². The summed E-state index contributed by atoms with van der Waals surface area (Å²) < 4.78 is 36.9. The van der Waals surface area contributed by atoms with Gasteiger partial charge in [-0.3, -0.25) is 4.79 Å². The van der Waals surface area contributed by atoms with E-state index in [1.807, 2.05) is 12.2 Å². The van der Waals surface area contributed by atoms with E-state index in [0.29, 0.717) is 12.0 Å². The number of aryl methyl sites for hydroxylation is 2. The monoisotopic (exact) mass is 299 g/mol. The molecule has 0 aliphatic carbocycles. The summed E-state index contributed by atoms with van der Waals surface area (Å²) in [6.45, 7) is 1.91. The summed E-state index contributed by atoms with van der Waals surface area (Å²) in [5.41, 5.74) is 1.52. The molecule has 1 aromatic carbocycles. The molecule has 0 spiro atoms. The minimum absolute atomic E-state index is 0.0822. The first-order chi connectivity index (χ1) is 9.77. The Labute approximate surface area is 121 Å². The third-order valence-corrected chi connectivity index (χ3v) is 2.96. The summed E-state index contributed by atoms with van der Waals surface area (Å²) in [5, 5.41) is 11.2. The maximum atomic E-state index is 12.3. The van der Waals surface area contributed by atoms with Gasteiger partial charge in [0.15, 0.2) is 0 Å². The predicted molar refractivity (Wildman–Crippen MR) is 73.7 cm³/mol. The van der Waals surface area contributed by atoms with Crippen LogP contribution in [0.4, 0.5) is 18.9 Å². The van der Waals surface area contributed by atoms with Gasteiger partial charge in [0, 0.05) is 5.69 Å². The van der Waals surface area contributed by atoms with Crippen molar-refractivity contribution in [2.24, 2.45) is 0 Å². The number of terminal acetylenes is 1. The highest BCUT2D eigenvalue weighted by atomic mass is 19.4. The van der Waals surface area contributed by atoms with Crippen LogP contribution in [0.2, 0.25) is 0 Å². The number of rotatable bonds is 5. The molecular formula is C15H16F3NO2. The molecule has 0 saturated carbocycles. The summed E-state index contributed by atoms with van der Waals surface area (Å²) in [7, 11) is 0. The molecule has 114 valence electrons. The maximum absolute atomic E-state index is 12.3. The van der Waals surface area contributed by atoms with E-state index in [1.54, 1.807) is 12.1 Å². The molecule has 0 aromatic heterocycles. The molecule has 0 bridgehead atoms. The highest BCUT2D eigenvalue weighted by Crippen LogP contribution is 2.23. The van der Waals surface area contributed by atoms with E-state index in [2.05, 4.69) is 5.92 Å². The van der Waals surface area contributed by atoms with Gasteiger partial charge in [-0.1, -0.05) is 25.0 Å². The molecule has 0 heterocycles. The van der Waals surface area contributed by atoms with Crippen molar-refractivity contribution in [3.8, 4) is 12.3 Å². The Morgan fingerprint density at radius 1 is 1.48 bits per heavy atom. The molecule has 1 atom stereocenters. The zero-order valence-corrected chi connectivity index (χ0v) is 11.5. The highest BCUT2D eigenvalue weighted by Gasteiger charge is 2.38. The Morgan fingerprint density at radius 3 is 2.67 bits per heavy atom. The van der Waals surface area contributed by atoms with E-state index < -0.39 is 18.2 Å². The number of nitrogens with one attached hydrogen (secondary N) is 1. The van der Waals surface area contributed by atoms with Gasteiger partial charge in [-0.15, -0.1) is 6.42 Å². The molecule has 1 amide bonds. The van der Waals surface area contributed by atoms with Crippen molar-refractivity contribution < 1.29 is 23.1 Å². The van der Waals surface area contributed by atoms with E-state index in [0.717, 1.165) is 5.56 Å². The molecule has 3 nitrogen and oxygen atoms in total. The van der Waals surface area contributed by atoms with Crippen LogP contribution < -0.4 is 5.32 Å². The van der Waals surface area contributed by atoms with Crippen LogP contribution in [0.1, 0.15) is 24.5 Å². The van der Waals surface area contributed by atoms with Crippen LogP contribution in [0.3, 0.4) is 0 Å². The Morgan fingerprint density at radius 2 is 2.14 bits per heavy atom. The summed E-state index contributed by atoms with van der Waals surface area (Å²) in [6.07, 6.45) is 0.317. The van der Waals surface area contributed by atoms with Crippen LogP contribution in [-0.4, -0.2) is 23.3 Å². The van der Waals surface area contributed by atoms with Crippen LogP contribution >= 0.6 is 0 Å². The Hall–Kier alpha value is -2.00. The van der Waals surface area contributed by atoms with Gasteiger partial charge in [0.05, 0.1) is 0 Å². The van der Waals surface area contributed by atoms with E-state index in [4.69, 9.17) is 6.42 Å². The molecular weight excluding hydrogens is 283 g/mol. The predicted octanol–water partition coefficient (Wildman–Crippen LogP) is 2.68. The molecule has 0 fully saturated rings. The summed E-state index contributed by atoms with van der Waals surface area (Å²) >= 11 is 0. The number of amides is 1. The number of hydrogen-bond acceptors (Lipinski definition) is 2. The van der Waals surface area contributed by atoms with Gasteiger partial charge in [0.2, 0.25) is 0 Å². The van der Waals surface area contributed by atoms with Crippen molar-refractivity contribution >= 4 is 11.6 Å². The number of carbonyl (C=O) groups is 1. The van der Waals surface area contributed by atoms with Gasteiger partial charge in [0.1, 0.15) is 6.10 Å². The summed E-state index contributed by atoms with van der Waals surface area (Å²) in [5.74, 6) is 0.114. The topological polar surface area (TPSA) is 49.3 Å². The van der Waals surface area contributed by atoms with Crippen LogP contribution in [0, 0.1) is 12.3 Å². The SMILES string of the molecule is C#C[C@H](O)CCc1cc(CC)ccc1NC(=O)C(F)(F)F. The fraction of sp³-hybridized carbons (Fsp3) is 0.400. The largest absolute Gasteiger partial charge is 0.471 e. The molecule has 21 heavy (non-hydrogen) atoms. The fourth-order valence-electron chi connectivity index (χ4n) is 1.76. The average molecular weight is 299 g/mol. The Bertz CT molecular complexity index is 547. The lowest BCUT2D eigenvalue weighted by molar-refractivity contribution is -0.167. The quantitative estimate of drug-likeness (QED) is 0.821. The average Bonchev–Trinajstić information content (AvgIpc) is 2.44. The van der Waals surface area contributed by atoms with Crippen LogP contribution in [0.5, 0.6) is 0 Å². The van der Waals surface area contributed by atoms with Gasteiger partial charge in [-0.05, 0) is 36.5 Å². The molecule has 6 heteroatoms. The highest BCUT2D eigenvalue weighted by molar-refractivity contribution is 5.95. The van der Waals surface area contributed by atoms with Crippen molar-refractivity contribution in [3.63, 3.8) is 0 Å². The van der Waals surface area contributed by atoms with Crippen LogP contribution in [0.15, 0.2) is 18.2 Å². The minimum Gasteiger partial charge on any atom is -0.380 e. The molecule has 1 rings (SSSR count). The van der Waals surface area contributed by atoms with E-state index in [1.165, 1.54) is 6.07 Å². The van der Waals surface area contributed by atoms with Crippen molar-refractivity contribution in [1.82, 2.24) is 0 Å². The lowest BCUT2D eigenvalue weighted by Gasteiger charge is -2.14. The van der Waals surface area contributed by atoms with Crippen molar-refractivity contribution in [3.05, 3.63) is 29.3 Å². The lowest BCUT2D eigenvalue weighted by Crippen LogP contribution is -2.30. The van der Waals surface area contributed by atoms with Crippen molar-refractivity contribution in [1.29, 1.82) is 0 Å². The van der Waals surface area contributed by atoms with E-state index in [9.17, 15) is 23.1 Å². The number of aliphatic hydroxyl groups is 1. The van der Waals surface area contributed by atoms with E-state index in [-0.39, 0.29) is 18.5 Å². The summed E-state index contributed by atoms with van der Waals surface area (Å²) in [6, 6.07) is 4.78.